The van der Waals surface area contributed by atoms with E-state index in [1.54, 1.807) is 0 Å². The normalized spacial score (nSPS) is 15.6. The van der Waals surface area contributed by atoms with Gasteiger partial charge in [-0.25, -0.2) is 0 Å². The number of rotatable bonds is 6. The van der Waals surface area contributed by atoms with Gasteiger partial charge in [0.25, 0.3) is 0 Å². The van der Waals surface area contributed by atoms with Gasteiger partial charge in [0.2, 0.25) is 11.8 Å². The van der Waals surface area contributed by atoms with Crippen LogP contribution >= 0.6 is 0 Å². The number of aliphatic hydroxyl groups excluding tert-OH is 1. The first kappa shape index (κ1) is 26.5. The smallest absolute Gasteiger partial charge is 0.407 e. The molecular formula is C12H6F12O5. The largest absolute Gasteiger partial charge is 0.511 e. The number of halogens is 12. The number of alkyl halides is 12. The molecular weight excluding hydrogens is 452 g/mol. The number of ketones is 2. The van der Waals surface area contributed by atoms with Crippen molar-refractivity contribution in [2.24, 2.45) is 17.8 Å². The van der Waals surface area contributed by atoms with Crippen LogP contribution in [0.2, 0.25) is 0 Å². The predicted molar refractivity (Wildman–Crippen MR) is 63.1 cm³/mol. The zero-order valence-corrected chi connectivity index (χ0v) is 13.0. The van der Waals surface area contributed by atoms with E-state index in [0.717, 1.165) is 0 Å². The molecule has 0 aromatic rings. The number of hydrogen-bond donors (Lipinski definition) is 2. The van der Waals surface area contributed by atoms with Crippen molar-refractivity contribution in [2.75, 3.05) is 0 Å². The fourth-order valence-electron chi connectivity index (χ4n) is 1.89. The lowest BCUT2D eigenvalue weighted by atomic mass is 9.87. The van der Waals surface area contributed by atoms with Crippen LogP contribution < -0.4 is 0 Å². The molecule has 0 aliphatic rings. The van der Waals surface area contributed by atoms with Crippen LogP contribution in [-0.4, -0.2) is 52.5 Å². The van der Waals surface area contributed by atoms with E-state index >= 15 is 0 Å². The maximum atomic E-state index is 12.4. The molecule has 5 nitrogen and oxygen atoms in total. The summed E-state index contributed by atoms with van der Waals surface area (Å²) in [4.78, 5) is 33.6. The minimum atomic E-state index is -6.50. The van der Waals surface area contributed by atoms with Gasteiger partial charge < -0.3 is 10.2 Å². The molecule has 0 radical (unpaired) electrons. The topological polar surface area (TPSA) is 91.7 Å². The summed E-state index contributed by atoms with van der Waals surface area (Å²) in [5.74, 6) is -26.3. The second-order valence-corrected chi connectivity index (χ2v) is 5.18. The lowest BCUT2D eigenvalue weighted by Gasteiger charge is -2.24. The fourth-order valence-corrected chi connectivity index (χ4v) is 1.89. The molecule has 1 atom stereocenters. The molecule has 168 valence electrons. The number of carboxylic acid groups (broad SMARTS) is 1. The van der Waals surface area contributed by atoms with Gasteiger partial charge >= 0.3 is 30.7 Å². The number of carbonyl (C=O) groups excluding carboxylic acids is 2. The van der Waals surface area contributed by atoms with Crippen molar-refractivity contribution in [1.29, 1.82) is 0 Å². The summed E-state index contributed by atoms with van der Waals surface area (Å²) in [5, 5.41) is 17.4. The van der Waals surface area contributed by atoms with Gasteiger partial charge in [-0.3, -0.25) is 14.4 Å². The standard InChI is InChI=1S/C12H6F12O5/c13-9(14,15)6(10(16,17)18)3(26)1-2(25)4(8(28)29)5(27)7(11(19,20)21)12(22,23)24/h1,4,6-7,26H,(H,28,29). The summed E-state index contributed by atoms with van der Waals surface area (Å²) in [5.41, 5.74) is 0. The van der Waals surface area contributed by atoms with Gasteiger partial charge in [0.15, 0.2) is 17.5 Å². The summed E-state index contributed by atoms with van der Waals surface area (Å²) in [6, 6.07) is 0. The van der Waals surface area contributed by atoms with Crippen LogP contribution in [0, 0.1) is 17.8 Å². The van der Waals surface area contributed by atoms with Gasteiger partial charge in [-0.05, 0) is 0 Å². The summed E-state index contributed by atoms with van der Waals surface area (Å²) in [6.07, 6.45) is -26.9. The van der Waals surface area contributed by atoms with E-state index in [-0.39, 0.29) is 0 Å². The van der Waals surface area contributed by atoms with E-state index in [9.17, 15) is 67.1 Å². The number of allylic oxidation sites excluding steroid dienone is 2. The van der Waals surface area contributed by atoms with Gasteiger partial charge in [-0.15, -0.1) is 0 Å². The van der Waals surface area contributed by atoms with E-state index in [1.807, 2.05) is 0 Å². The molecule has 0 heterocycles. The van der Waals surface area contributed by atoms with Gasteiger partial charge in [0, 0.05) is 6.08 Å². The Labute approximate surface area is 150 Å². The third-order valence-electron chi connectivity index (χ3n) is 3.00. The first-order valence-corrected chi connectivity index (χ1v) is 6.50. The predicted octanol–water partition coefficient (Wildman–Crippen LogP) is 3.75. The highest BCUT2D eigenvalue weighted by atomic mass is 19.4. The average molecular weight is 458 g/mol. The highest BCUT2D eigenvalue weighted by Gasteiger charge is 2.64. The van der Waals surface area contributed by atoms with Crippen LogP contribution in [0.5, 0.6) is 0 Å². The van der Waals surface area contributed by atoms with Crippen LogP contribution in [0.4, 0.5) is 52.7 Å². The minimum Gasteiger partial charge on any atom is -0.511 e. The number of aliphatic carboxylic acids is 1. The average Bonchev–Trinajstić information content (AvgIpc) is 2.28. The summed E-state index contributed by atoms with van der Waals surface area (Å²) in [7, 11) is 0. The molecule has 0 aromatic carbocycles. The summed E-state index contributed by atoms with van der Waals surface area (Å²) < 4.78 is 149. The van der Waals surface area contributed by atoms with E-state index in [2.05, 4.69) is 0 Å². The molecule has 0 aliphatic heterocycles. The van der Waals surface area contributed by atoms with Crippen molar-refractivity contribution in [1.82, 2.24) is 0 Å². The number of Topliss-reactive ketones (excluding diaryl/α,β-unsaturated/α-hetero) is 1. The van der Waals surface area contributed by atoms with Crippen molar-refractivity contribution in [3.63, 3.8) is 0 Å². The van der Waals surface area contributed by atoms with E-state index in [4.69, 9.17) is 10.2 Å². The number of carboxylic acids is 1. The van der Waals surface area contributed by atoms with E-state index < -0.39 is 71.8 Å². The molecule has 29 heavy (non-hydrogen) atoms. The van der Waals surface area contributed by atoms with Crippen LogP contribution in [0.15, 0.2) is 11.8 Å². The van der Waals surface area contributed by atoms with Gasteiger partial charge in [0.05, 0.1) is 0 Å². The molecule has 0 saturated carbocycles. The third kappa shape index (κ3) is 6.81. The molecule has 17 heteroatoms. The Morgan fingerprint density at radius 2 is 0.931 bits per heavy atom. The molecule has 0 rings (SSSR count). The molecule has 0 fully saturated rings. The SMILES string of the molecule is O=C(O)C(C(=O)C=C(O)C(C(F)(F)F)C(F)(F)F)C(=O)C(C(F)(F)F)C(F)(F)F. The second kappa shape index (κ2) is 8.10. The monoisotopic (exact) mass is 458 g/mol. The fraction of sp³-hybridized carbons (Fsp3) is 0.583. The second-order valence-electron chi connectivity index (χ2n) is 5.18. The van der Waals surface area contributed by atoms with Gasteiger partial charge in [0.1, 0.15) is 5.76 Å². The minimum absolute atomic E-state index is 1.22. The maximum absolute atomic E-state index is 12.4. The van der Waals surface area contributed by atoms with Crippen LogP contribution in [0.25, 0.3) is 0 Å². The molecule has 2 N–H and O–H groups in total. The van der Waals surface area contributed by atoms with Gasteiger partial charge in [-0.1, -0.05) is 0 Å². The Balaban J connectivity index is 6.29. The van der Waals surface area contributed by atoms with Crippen molar-refractivity contribution in [3.8, 4) is 0 Å². The highest BCUT2D eigenvalue weighted by molar-refractivity contribution is 6.21. The van der Waals surface area contributed by atoms with Crippen molar-refractivity contribution < 1.29 is 77.3 Å². The Morgan fingerprint density at radius 3 is 1.17 bits per heavy atom. The Kier molecular flexibility index (Phi) is 7.40. The Hall–Kier alpha value is -2.49. The summed E-state index contributed by atoms with van der Waals surface area (Å²) in [6.45, 7) is 0. The van der Waals surface area contributed by atoms with E-state index in [0.29, 0.717) is 0 Å². The van der Waals surface area contributed by atoms with Crippen LogP contribution in [0.3, 0.4) is 0 Å². The molecule has 1 unspecified atom stereocenters. The quantitative estimate of drug-likeness (QED) is 0.274. The van der Waals surface area contributed by atoms with Crippen LogP contribution in [-0.2, 0) is 14.4 Å². The molecule has 0 saturated heterocycles. The zero-order chi connectivity index (χ0) is 23.7. The Bertz CT molecular complexity index is 653. The number of aliphatic hydroxyl groups is 1. The van der Waals surface area contributed by atoms with E-state index in [1.165, 1.54) is 0 Å². The van der Waals surface area contributed by atoms with Crippen molar-refractivity contribution in [3.05, 3.63) is 11.8 Å². The molecule has 0 aromatic heterocycles. The molecule has 0 bridgehead atoms. The van der Waals surface area contributed by atoms with Gasteiger partial charge in [-0.2, -0.15) is 52.7 Å². The third-order valence-corrected chi connectivity index (χ3v) is 3.00. The maximum Gasteiger partial charge on any atom is 0.407 e. The number of carbonyl (C=O) groups is 3. The zero-order valence-electron chi connectivity index (χ0n) is 13.0. The molecule has 0 aliphatic carbocycles. The van der Waals surface area contributed by atoms with Crippen molar-refractivity contribution in [2.45, 2.75) is 24.7 Å². The van der Waals surface area contributed by atoms with Crippen molar-refractivity contribution >= 4 is 17.5 Å². The lowest BCUT2D eigenvalue weighted by Crippen LogP contribution is -2.48. The first-order chi connectivity index (χ1) is 12.5. The molecule has 0 amide bonds. The Morgan fingerprint density at radius 1 is 0.621 bits per heavy atom. The first-order valence-electron chi connectivity index (χ1n) is 6.50. The van der Waals surface area contributed by atoms with Crippen LogP contribution in [0.1, 0.15) is 0 Å². The number of hydrogen-bond acceptors (Lipinski definition) is 4. The summed E-state index contributed by atoms with van der Waals surface area (Å²) >= 11 is 0. The highest BCUT2D eigenvalue weighted by Crippen LogP contribution is 2.44. The molecule has 0 spiro atoms. The lowest BCUT2D eigenvalue weighted by molar-refractivity contribution is -0.278.